The molecule has 19 heavy (non-hydrogen) atoms. The number of rotatable bonds is 6. The van der Waals surface area contributed by atoms with Crippen LogP contribution in [-0.2, 0) is 11.3 Å². The molecule has 1 amide bonds. The van der Waals surface area contributed by atoms with Crippen molar-refractivity contribution in [3.05, 3.63) is 28.8 Å². The summed E-state index contributed by atoms with van der Waals surface area (Å²) in [7, 11) is 3.43. The SMILES string of the molecule is CCCC(C)C(=O)N(C)Cc1cc(Cl)ccc1OC. The van der Waals surface area contributed by atoms with Crippen LogP contribution >= 0.6 is 11.6 Å². The first-order valence-corrected chi connectivity index (χ1v) is 6.94. The number of carbonyl (C=O) groups excluding carboxylic acids is 1. The van der Waals surface area contributed by atoms with E-state index < -0.39 is 0 Å². The van der Waals surface area contributed by atoms with Crippen molar-refractivity contribution in [2.75, 3.05) is 14.2 Å². The van der Waals surface area contributed by atoms with Crippen molar-refractivity contribution < 1.29 is 9.53 Å². The maximum absolute atomic E-state index is 12.2. The highest BCUT2D eigenvalue weighted by molar-refractivity contribution is 6.30. The van der Waals surface area contributed by atoms with Crippen molar-refractivity contribution in [2.45, 2.75) is 33.2 Å². The summed E-state index contributed by atoms with van der Waals surface area (Å²) in [6.45, 7) is 4.57. The van der Waals surface area contributed by atoms with Gasteiger partial charge in [0.15, 0.2) is 0 Å². The molecule has 3 nitrogen and oxygen atoms in total. The molecule has 1 unspecified atom stereocenters. The van der Waals surface area contributed by atoms with Gasteiger partial charge in [-0.25, -0.2) is 0 Å². The lowest BCUT2D eigenvalue weighted by Gasteiger charge is -2.22. The second kappa shape index (κ2) is 7.39. The summed E-state index contributed by atoms with van der Waals surface area (Å²) >= 11 is 5.99. The van der Waals surface area contributed by atoms with Gasteiger partial charge in [-0.15, -0.1) is 0 Å². The van der Waals surface area contributed by atoms with E-state index in [9.17, 15) is 4.79 Å². The number of nitrogens with zero attached hydrogens (tertiary/aromatic N) is 1. The van der Waals surface area contributed by atoms with Crippen LogP contribution in [0.3, 0.4) is 0 Å². The van der Waals surface area contributed by atoms with Crippen molar-refractivity contribution in [3.63, 3.8) is 0 Å². The Morgan fingerprint density at radius 1 is 1.47 bits per heavy atom. The highest BCUT2D eigenvalue weighted by Gasteiger charge is 2.18. The van der Waals surface area contributed by atoms with E-state index in [-0.39, 0.29) is 11.8 Å². The maximum atomic E-state index is 12.2. The molecule has 1 rings (SSSR count). The van der Waals surface area contributed by atoms with Crippen molar-refractivity contribution in [3.8, 4) is 5.75 Å². The maximum Gasteiger partial charge on any atom is 0.225 e. The van der Waals surface area contributed by atoms with E-state index >= 15 is 0 Å². The molecule has 0 N–H and O–H groups in total. The molecule has 0 bridgehead atoms. The zero-order chi connectivity index (χ0) is 14.4. The Balaban J connectivity index is 2.78. The van der Waals surface area contributed by atoms with Crippen molar-refractivity contribution in [2.24, 2.45) is 5.92 Å². The highest BCUT2D eigenvalue weighted by atomic mass is 35.5. The number of halogens is 1. The Kier molecular flexibility index (Phi) is 6.16. The van der Waals surface area contributed by atoms with E-state index in [2.05, 4.69) is 6.92 Å². The standard InChI is InChI=1S/C15H22ClNO2/c1-5-6-11(2)15(18)17(3)10-12-9-13(16)7-8-14(12)19-4/h7-9,11H,5-6,10H2,1-4H3. The topological polar surface area (TPSA) is 29.5 Å². The second-order valence-electron chi connectivity index (χ2n) is 4.84. The minimum atomic E-state index is 0.0557. The lowest BCUT2D eigenvalue weighted by atomic mass is 10.0. The van der Waals surface area contributed by atoms with Crippen LogP contribution in [0, 0.1) is 5.92 Å². The normalized spacial score (nSPS) is 12.1. The third-order valence-corrected chi connectivity index (χ3v) is 3.40. The van der Waals surface area contributed by atoms with Crippen LogP contribution in [0.5, 0.6) is 5.75 Å². The molecule has 106 valence electrons. The van der Waals surface area contributed by atoms with Gasteiger partial charge in [0, 0.05) is 30.1 Å². The summed E-state index contributed by atoms with van der Waals surface area (Å²) in [6.07, 6.45) is 1.93. The third-order valence-electron chi connectivity index (χ3n) is 3.17. The first-order valence-electron chi connectivity index (χ1n) is 6.57. The molecule has 1 aromatic carbocycles. The van der Waals surface area contributed by atoms with Gasteiger partial charge in [-0.2, -0.15) is 0 Å². The number of ether oxygens (including phenoxy) is 1. The molecule has 1 atom stereocenters. The molecule has 0 radical (unpaired) electrons. The predicted octanol–water partition coefficient (Wildman–Crippen LogP) is 3.74. The minimum absolute atomic E-state index is 0.0557. The molecule has 0 aliphatic carbocycles. The van der Waals surface area contributed by atoms with Crippen LogP contribution in [0.15, 0.2) is 18.2 Å². The molecule has 0 aliphatic heterocycles. The quantitative estimate of drug-likeness (QED) is 0.796. The first-order chi connectivity index (χ1) is 8.99. The summed E-state index contributed by atoms with van der Waals surface area (Å²) in [4.78, 5) is 13.9. The fourth-order valence-corrected chi connectivity index (χ4v) is 2.33. The summed E-state index contributed by atoms with van der Waals surface area (Å²) in [6, 6.07) is 5.45. The summed E-state index contributed by atoms with van der Waals surface area (Å²) < 4.78 is 5.29. The molecule has 0 heterocycles. The fourth-order valence-electron chi connectivity index (χ4n) is 2.14. The van der Waals surface area contributed by atoms with Gasteiger partial charge in [-0.3, -0.25) is 4.79 Å². The van der Waals surface area contributed by atoms with Gasteiger partial charge in [0.2, 0.25) is 5.91 Å². The molecule has 1 aromatic rings. The lowest BCUT2D eigenvalue weighted by molar-refractivity contribution is -0.134. The van der Waals surface area contributed by atoms with E-state index in [0.29, 0.717) is 11.6 Å². The smallest absolute Gasteiger partial charge is 0.225 e. The van der Waals surface area contributed by atoms with Crippen molar-refractivity contribution in [1.82, 2.24) is 4.90 Å². The minimum Gasteiger partial charge on any atom is -0.496 e. The first kappa shape index (κ1) is 15.8. The van der Waals surface area contributed by atoms with Gasteiger partial charge in [0.25, 0.3) is 0 Å². The second-order valence-corrected chi connectivity index (χ2v) is 5.28. The zero-order valence-corrected chi connectivity index (χ0v) is 12.8. The zero-order valence-electron chi connectivity index (χ0n) is 12.1. The number of hydrogen-bond donors (Lipinski definition) is 0. The third kappa shape index (κ3) is 4.43. The highest BCUT2D eigenvalue weighted by Crippen LogP contribution is 2.24. The average molecular weight is 284 g/mol. The summed E-state index contributed by atoms with van der Waals surface area (Å²) in [5.41, 5.74) is 0.926. The molecule has 0 aromatic heterocycles. The van der Waals surface area contributed by atoms with Gasteiger partial charge in [-0.05, 0) is 24.6 Å². The number of hydrogen-bond acceptors (Lipinski definition) is 2. The van der Waals surface area contributed by atoms with E-state index in [1.807, 2.05) is 26.1 Å². The Hall–Kier alpha value is -1.22. The Morgan fingerprint density at radius 2 is 2.16 bits per heavy atom. The molecule has 0 saturated carbocycles. The van der Waals surface area contributed by atoms with Gasteiger partial charge in [0.05, 0.1) is 7.11 Å². The number of benzene rings is 1. The largest absolute Gasteiger partial charge is 0.496 e. The molecule has 4 heteroatoms. The van der Waals surface area contributed by atoms with E-state index in [1.165, 1.54) is 0 Å². The molecular formula is C15H22ClNO2. The van der Waals surface area contributed by atoms with Gasteiger partial charge in [0.1, 0.15) is 5.75 Å². The van der Waals surface area contributed by atoms with Crippen LogP contribution in [-0.4, -0.2) is 25.0 Å². The van der Waals surface area contributed by atoms with Crippen molar-refractivity contribution in [1.29, 1.82) is 0 Å². The number of methoxy groups -OCH3 is 1. The molecule has 0 spiro atoms. The number of carbonyl (C=O) groups is 1. The fraction of sp³-hybridized carbons (Fsp3) is 0.533. The van der Waals surface area contributed by atoms with Crippen LogP contribution in [0.25, 0.3) is 0 Å². The molecule has 0 saturated heterocycles. The van der Waals surface area contributed by atoms with E-state index in [1.54, 1.807) is 18.1 Å². The van der Waals surface area contributed by atoms with Gasteiger partial charge >= 0.3 is 0 Å². The Morgan fingerprint density at radius 3 is 2.74 bits per heavy atom. The van der Waals surface area contributed by atoms with Crippen molar-refractivity contribution >= 4 is 17.5 Å². The molecular weight excluding hydrogens is 262 g/mol. The summed E-state index contributed by atoms with van der Waals surface area (Å²) in [5, 5.41) is 0.651. The lowest BCUT2D eigenvalue weighted by Crippen LogP contribution is -2.31. The van der Waals surface area contributed by atoms with E-state index in [0.717, 1.165) is 24.2 Å². The number of amides is 1. The van der Waals surface area contributed by atoms with Crippen LogP contribution < -0.4 is 4.74 Å². The Labute approximate surface area is 120 Å². The average Bonchev–Trinajstić information content (AvgIpc) is 2.38. The van der Waals surface area contributed by atoms with Crippen LogP contribution in [0.1, 0.15) is 32.3 Å². The Bertz CT molecular complexity index is 434. The molecule has 0 fully saturated rings. The monoisotopic (exact) mass is 283 g/mol. The van der Waals surface area contributed by atoms with Crippen LogP contribution in [0.2, 0.25) is 5.02 Å². The predicted molar refractivity (Wildman–Crippen MR) is 78.6 cm³/mol. The van der Waals surface area contributed by atoms with Crippen LogP contribution in [0.4, 0.5) is 0 Å². The van der Waals surface area contributed by atoms with Gasteiger partial charge in [-0.1, -0.05) is 31.9 Å². The van der Waals surface area contributed by atoms with Gasteiger partial charge < -0.3 is 9.64 Å². The summed E-state index contributed by atoms with van der Waals surface area (Å²) in [5.74, 6) is 0.969. The van der Waals surface area contributed by atoms with E-state index in [4.69, 9.17) is 16.3 Å². The molecule has 0 aliphatic rings.